The van der Waals surface area contributed by atoms with Crippen molar-refractivity contribution in [3.05, 3.63) is 53.9 Å². The largest absolute Gasteiger partial charge is 0.483 e. The monoisotopic (exact) mass is 410 g/mol. The number of pyridine rings is 1. The lowest BCUT2D eigenvalue weighted by atomic mass is 9.94. The Kier molecular flexibility index (Phi) is 6.06. The van der Waals surface area contributed by atoms with E-state index >= 15 is 0 Å². The summed E-state index contributed by atoms with van der Waals surface area (Å²) in [5.41, 5.74) is 6.62. The number of hydrogen-bond donors (Lipinski definition) is 3. The molecule has 1 fully saturated rings. The minimum Gasteiger partial charge on any atom is -0.483 e. The zero-order valence-electron chi connectivity index (χ0n) is 15.6. The van der Waals surface area contributed by atoms with Crippen molar-refractivity contribution in [2.75, 3.05) is 25.0 Å². The number of carbonyl (C=O) groups excluding carboxylic acids is 1. The van der Waals surface area contributed by atoms with Gasteiger partial charge in [0, 0.05) is 18.8 Å². The zero-order chi connectivity index (χ0) is 21.1. The van der Waals surface area contributed by atoms with Crippen LogP contribution in [-0.2, 0) is 10.3 Å². The van der Waals surface area contributed by atoms with Gasteiger partial charge in [-0.1, -0.05) is 12.1 Å². The van der Waals surface area contributed by atoms with Crippen LogP contribution in [0.5, 0.6) is 5.75 Å². The van der Waals surface area contributed by atoms with E-state index in [2.05, 4.69) is 20.4 Å². The van der Waals surface area contributed by atoms with Crippen molar-refractivity contribution in [3.63, 3.8) is 0 Å². The third kappa shape index (κ3) is 5.66. The zero-order valence-corrected chi connectivity index (χ0v) is 15.6. The van der Waals surface area contributed by atoms with Gasteiger partial charge in [-0.15, -0.1) is 0 Å². The van der Waals surface area contributed by atoms with E-state index in [0.29, 0.717) is 18.8 Å². The maximum atomic E-state index is 12.4. The van der Waals surface area contributed by atoms with E-state index in [1.54, 1.807) is 18.2 Å². The highest BCUT2D eigenvalue weighted by Gasteiger charge is 2.33. The number of halogens is 3. The summed E-state index contributed by atoms with van der Waals surface area (Å²) in [5.74, 6) is -0.582. The van der Waals surface area contributed by atoms with Crippen LogP contribution in [0.4, 0.5) is 18.9 Å². The summed E-state index contributed by atoms with van der Waals surface area (Å²) in [6, 6.07) is 9.69. The molecule has 10 heteroatoms. The van der Waals surface area contributed by atoms with Gasteiger partial charge in [0.2, 0.25) is 0 Å². The molecule has 1 amide bonds. The maximum absolute atomic E-state index is 12.4. The lowest BCUT2D eigenvalue weighted by Crippen LogP contribution is -2.53. The van der Waals surface area contributed by atoms with Crippen molar-refractivity contribution < 1.29 is 27.4 Å². The Bertz CT molecular complexity index is 861. The van der Waals surface area contributed by atoms with Gasteiger partial charge >= 0.3 is 6.18 Å². The standard InChI is InChI=1S/C19H21F3N4O3/c1-18(10-24-9-16(23)29-18)12-3-2-4-13(7-12)26-17(27)15-6-5-14(8-25-15)28-11-19(20,21)22/h2-8,16,24H,9-11,23H2,1H3,(H,26,27). The van der Waals surface area contributed by atoms with Gasteiger partial charge < -0.3 is 25.8 Å². The summed E-state index contributed by atoms with van der Waals surface area (Å²) in [6.07, 6.45) is -3.81. The number of morpholine rings is 1. The Hall–Kier alpha value is -2.69. The molecule has 2 unspecified atom stereocenters. The quantitative estimate of drug-likeness (QED) is 0.700. The summed E-state index contributed by atoms with van der Waals surface area (Å²) in [7, 11) is 0. The number of rotatable bonds is 5. The third-order valence-corrected chi connectivity index (χ3v) is 4.32. The van der Waals surface area contributed by atoms with Crippen molar-refractivity contribution in [1.29, 1.82) is 0 Å². The maximum Gasteiger partial charge on any atom is 0.422 e. The average Bonchev–Trinajstić information content (AvgIpc) is 2.66. The van der Waals surface area contributed by atoms with E-state index in [9.17, 15) is 18.0 Å². The number of amides is 1. The molecule has 0 aliphatic carbocycles. The van der Waals surface area contributed by atoms with Crippen molar-refractivity contribution in [2.45, 2.75) is 24.9 Å². The Morgan fingerprint density at radius 1 is 1.41 bits per heavy atom. The summed E-state index contributed by atoms with van der Waals surface area (Å²) in [6.45, 7) is 1.60. The van der Waals surface area contributed by atoms with E-state index in [1.165, 1.54) is 12.1 Å². The predicted molar refractivity (Wildman–Crippen MR) is 99.5 cm³/mol. The van der Waals surface area contributed by atoms with Crippen LogP contribution in [-0.4, -0.2) is 43.0 Å². The molecule has 3 rings (SSSR count). The number of alkyl halides is 3. The molecule has 4 N–H and O–H groups in total. The van der Waals surface area contributed by atoms with Crippen LogP contribution in [0.2, 0.25) is 0 Å². The number of aromatic nitrogens is 1. The van der Waals surface area contributed by atoms with Crippen LogP contribution >= 0.6 is 0 Å². The molecule has 1 aromatic heterocycles. The number of nitrogens with zero attached hydrogens (tertiary/aromatic N) is 1. The molecule has 1 aliphatic rings. The molecule has 1 saturated heterocycles. The molecule has 1 aromatic carbocycles. The highest BCUT2D eigenvalue weighted by molar-refractivity contribution is 6.02. The lowest BCUT2D eigenvalue weighted by molar-refractivity contribution is -0.153. The number of ether oxygens (including phenoxy) is 2. The Labute approximate surface area is 165 Å². The summed E-state index contributed by atoms with van der Waals surface area (Å²) >= 11 is 0. The number of nitrogens with two attached hydrogens (primary N) is 1. The summed E-state index contributed by atoms with van der Waals surface area (Å²) < 4.78 is 47.0. The van der Waals surface area contributed by atoms with Crippen LogP contribution in [0.3, 0.4) is 0 Å². The fraction of sp³-hybridized carbons (Fsp3) is 0.368. The van der Waals surface area contributed by atoms with Crippen molar-refractivity contribution >= 4 is 11.6 Å². The van der Waals surface area contributed by atoms with Crippen LogP contribution in [0.25, 0.3) is 0 Å². The molecule has 0 bridgehead atoms. The smallest absolute Gasteiger partial charge is 0.422 e. The molecule has 0 saturated carbocycles. The second-order valence-corrected chi connectivity index (χ2v) is 6.84. The van der Waals surface area contributed by atoms with Gasteiger partial charge in [0.25, 0.3) is 5.91 Å². The first-order valence-electron chi connectivity index (χ1n) is 8.86. The molecule has 1 aliphatic heterocycles. The van der Waals surface area contributed by atoms with Gasteiger partial charge in [-0.25, -0.2) is 4.98 Å². The second kappa shape index (κ2) is 8.36. The molecular formula is C19H21F3N4O3. The van der Waals surface area contributed by atoms with Crippen molar-refractivity contribution in [2.24, 2.45) is 5.73 Å². The summed E-state index contributed by atoms with van der Waals surface area (Å²) in [5, 5.41) is 5.92. The highest BCUT2D eigenvalue weighted by Crippen LogP contribution is 2.29. The third-order valence-electron chi connectivity index (χ3n) is 4.32. The Balaban J connectivity index is 1.66. The fourth-order valence-electron chi connectivity index (χ4n) is 2.93. The number of carbonyl (C=O) groups is 1. The number of benzene rings is 1. The Morgan fingerprint density at radius 3 is 2.86 bits per heavy atom. The topological polar surface area (TPSA) is 98.5 Å². The van der Waals surface area contributed by atoms with Gasteiger partial charge in [0.1, 0.15) is 23.3 Å². The van der Waals surface area contributed by atoms with E-state index in [0.717, 1.165) is 11.8 Å². The van der Waals surface area contributed by atoms with Gasteiger partial charge in [-0.3, -0.25) is 4.79 Å². The van der Waals surface area contributed by atoms with E-state index < -0.39 is 30.5 Å². The molecular weight excluding hydrogens is 389 g/mol. The number of nitrogens with one attached hydrogen (secondary N) is 2. The SMILES string of the molecule is CC1(c2cccc(NC(=O)c3ccc(OCC(F)(F)F)cn3)c2)CNCC(N)O1. The summed E-state index contributed by atoms with van der Waals surface area (Å²) in [4.78, 5) is 16.3. The number of hydrogen-bond acceptors (Lipinski definition) is 6. The van der Waals surface area contributed by atoms with E-state index in [1.807, 2.05) is 13.0 Å². The normalized spacial score (nSPS) is 22.2. The first kappa shape index (κ1) is 21.0. The molecule has 156 valence electrons. The molecule has 0 radical (unpaired) electrons. The number of anilines is 1. The van der Waals surface area contributed by atoms with E-state index in [4.69, 9.17) is 10.5 Å². The molecule has 2 aromatic rings. The molecule has 2 heterocycles. The van der Waals surface area contributed by atoms with Gasteiger partial charge in [0.05, 0.1) is 6.20 Å². The second-order valence-electron chi connectivity index (χ2n) is 6.84. The van der Waals surface area contributed by atoms with Crippen LogP contribution < -0.4 is 21.1 Å². The van der Waals surface area contributed by atoms with Gasteiger partial charge in [-0.2, -0.15) is 13.2 Å². The minimum atomic E-state index is -4.45. The minimum absolute atomic E-state index is 0.0404. The molecule has 7 nitrogen and oxygen atoms in total. The van der Waals surface area contributed by atoms with Crippen LogP contribution in [0, 0.1) is 0 Å². The van der Waals surface area contributed by atoms with Gasteiger partial charge in [-0.05, 0) is 36.8 Å². The molecule has 2 atom stereocenters. The predicted octanol–water partition coefficient (Wildman–Crippen LogP) is 2.39. The van der Waals surface area contributed by atoms with Crippen LogP contribution in [0.15, 0.2) is 42.6 Å². The highest BCUT2D eigenvalue weighted by atomic mass is 19.4. The van der Waals surface area contributed by atoms with E-state index in [-0.39, 0.29) is 11.4 Å². The van der Waals surface area contributed by atoms with Crippen molar-refractivity contribution in [1.82, 2.24) is 10.3 Å². The lowest BCUT2D eigenvalue weighted by Gasteiger charge is -2.38. The van der Waals surface area contributed by atoms with Gasteiger partial charge in [0.15, 0.2) is 6.61 Å². The average molecular weight is 410 g/mol. The Morgan fingerprint density at radius 2 is 2.21 bits per heavy atom. The first-order chi connectivity index (χ1) is 13.6. The van der Waals surface area contributed by atoms with Crippen LogP contribution in [0.1, 0.15) is 23.0 Å². The fourth-order valence-corrected chi connectivity index (χ4v) is 2.93. The van der Waals surface area contributed by atoms with Crippen molar-refractivity contribution in [3.8, 4) is 5.75 Å². The molecule has 29 heavy (non-hydrogen) atoms. The molecule has 0 spiro atoms. The first-order valence-corrected chi connectivity index (χ1v) is 8.86.